The van der Waals surface area contributed by atoms with Crippen LogP contribution in [0.25, 0.3) is 0 Å². The van der Waals surface area contributed by atoms with Crippen molar-refractivity contribution < 1.29 is 34.1 Å². The topological polar surface area (TPSA) is 171 Å². The van der Waals surface area contributed by atoms with Crippen LogP contribution in [0.3, 0.4) is 0 Å². The molecule has 0 saturated heterocycles. The third kappa shape index (κ3) is 9.65. The van der Waals surface area contributed by atoms with Gasteiger partial charge in [0.25, 0.3) is 0 Å². The van der Waals surface area contributed by atoms with Crippen LogP contribution in [0.2, 0.25) is 0 Å². The zero-order chi connectivity index (χ0) is 25.9. The van der Waals surface area contributed by atoms with Gasteiger partial charge in [0.2, 0.25) is 17.7 Å². The fourth-order valence-electron chi connectivity index (χ4n) is 3.18. The molecule has 0 aliphatic carbocycles. The molecule has 0 heterocycles. The van der Waals surface area contributed by atoms with Gasteiger partial charge in [-0.05, 0) is 44.9 Å². The van der Waals surface area contributed by atoms with E-state index >= 15 is 0 Å². The number of primary amides is 1. The normalized spacial score (nSPS) is 12.9. The summed E-state index contributed by atoms with van der Waals surface area (Å²) in [7, 11) is 0. The molecule has 4 amide bonds. The van der Waals surface area contributed by atoms with E-state index in [0.29, 0.717) is 13.0 Å². The molecule has 0 fully saturated rings. The number of nitrogens with one attached hydrogen (secondary N) is 2. The number of ether oxygens (including phenoxy) is 1. The minimum absolute atomic E-state index is 0.124. The molecule has 11 heteroatoms. The SMILES string of the molecule is CCCCNC(=O)C(c1cccc(O)c1)N(CCO)C(=O)C(CC(N)=O)NC(=O)OC(C)(C)C. The standard InChI is InChI=1S/C23H36N4O7/c1-5-6-10-25-20(31)19(15-8-7-9-16(29)13-15)27(11-12-28)21(32)17(14-18(24)30)26-22(33)34-23(2,3)4/h7-9,13,17,19,28-29H,5-6,10-12,14H2,1-4H3,(H2,24,30)(H,25,31)(H,26,33). The fourth-order valence-corrected chi connectivity index (χ4v) is 3.18. The second-order valence-electron chi connectivity index (χ2n) is 8.77. The lowest BCUT2D eigenvalue weighted by atomic mass is 10.0. The molecule has 1 aromatic rings. The highest BCUT2D eigenvalue weighted by Crippen LogP contribution is 2.25. The monoisotopic (exact) mass is 480 g/mol. The molecule has 0 saturated carbocycles. The van der Waals surface area contributed by atoms with E-state index in [2.05, 4.69) is 10.6 Å². The van der Waals surface area contributed by atoms with Crippen molar-refractivity contribution in [1.82, 2.24) is 15.5 Å². The third-order valence-corrected chi connectivity index (χ3v) is 4.59. The van der Waals surface area contributed by atoms with E-state index in [9.17, 15) is 29.4 Å². The first-order valence-electron chi connectivity index (χ1n) is 11.1. The predicted molar refractivity (Wildman–Crippen MR) is 125 cm³/mol. The van der Waals surface area contributed by atoms with Crippen LogP contribution in [0.4, 0.5) is 4.79 Å². The van der Waals surface area contributed by atoms with Crippen LogP contribution in [0, 0.1) is 0 Å². The van der Waals surface area contributed by atoms with Gasteiger partial charge in [-0.25, -0.2) is 4.79 Å². The summed E-state index contributed by atoms with van der Waals surface area (Å²) in [5.74, 6) is -2.35. The van der Waals surface area contributed by atoms with Crippen molar-refractivity contribution in [2.24, 2.45) is 5.73 Å². The Kier molecular flexibility index (Phi) is 11.3. The first kappa shape index (κ1) is 28.7. The number of phenolic OH excluding ortho intramolecular Hbond substituents is 1. The molecule has 0 spiro atoms. The van der Waals surface area contributed by atoms with Gasteiger partial charge in [0.05, 0.1) is 13.0 Å². The summed E-state index contributed by atoms with van der Waals surface area (Å²) in [6.45, 7) is 6.42. The number of unbranched alkanes of at least 4 members (excludes halogenated alkanes) is 1. The molecule has 2 unspecified atom stereocenters. The number of carbonyl (C=O) groups excluding carboxylic acids is 4. The number of benzene rings is 1. The number of aliphatic hydroxyl groups is 1. The van der Waals surface area contributed by atoms with Gasteiger partial charge in [-0.15, -0.1) is 0 Å². The number of aliphatic hydroxyl groups excluding tert-OH is 1. The van der Waals surface area contributed by atoms with Gasteiger partial charge in [0.15, 0.2) is 0 Å². The minimum Gasteiger partial charge on any atom is -0.508 e. The number of nitrogens with two attached hydrogens (primary N) is 1. The van der Waals surface area contributed by atoms with Crippen LogP contribution >= 0.6 is 0 Å². The lowest BCUT2D eigenvalue weighted by Crippen LogP contribution is -2.54. The summed E-state index contributed by atoms with van der Waals surface area (Å²) in [5.41, 5.74) is 4.71. The molecule has 0 radical (unpaired) electrons. The summed E-state index contributed by atoms with van der Waals surface area (Å²) in [6, 6.07) is 3.10. The largest absolute Gasteiger partial charge is 0.508 e. The number of rotatable bonds is 12. The maximum Gasteiger partial charge on any atom is 0.408 e. The minimum atomic E-state index is -1.44. The first-order chi connectivity index (χ1) is 15.9. The molecule has 190 valence electrons. The van der Waals surface area contributed by atoms with Gasteiger partial charge in [-0.2, -0.15) is 0 Å². The van der Waals surface area contributed by atoms with Crippen LogP contribution in [-0.4, -0.2) is 70.3 Å². The molecule has 1 rings (SSSR count). The van der Waals surface area contributed by atoms with Crippen LogP contribution in [-0.2, 0) is 19.1 Å². The second-order valence-corrected chi connectivity index (χ2v) is 8.77. The average Bonchev–Trinajstić information content (AvgIpc) is 2.71. The highest BCUT2D eigenvalue weighted by molar-refractivity contribution is 5.94. The number of amides is 4. The summed E-state index contributed by atoms with van der Waals surface area (Å²) < 4.78 is 5.18. The maximum absolute atomic E-state index is 13.5. The van der Waals surface area contributed by atoms with E-state index in [1.807, 2.05) is 6.92 Å². The Balaban J connectivity index is 3.37. The number of hydrogen-bond acceptors (Lipinski definition) is 7. The van der Waals surface area contributed by atoms with Gasteiger partial charge >= 0.3 is 6.09 Å². The summed E-state index contributed by atoms with van der Waals surface area (Å²) in [5, 5.41) is 24.7. The zero-order valence-electron chi connectivity index (χ0n) is 20.2. The van der Waals surface area contributed by atoms with Crippen LogP contribution in [0.15, 0.2) is 24.3 Å². The Morgan fingerprint density at radius 3 is 2.41 bits per heavy atom. The Bertz CT molecular complexity index is 854. The van der Waals surface area contributed by atoms with E-state index in [1.165, 1.54) is 18.2 Å². The molecule has 34 heavy (non-hydrogen) atoms. The van der Waals surface area contributed by atoms with Crippen LogP contribution in [0.5, 0.6) is 5.75 Å². The van der Waals surface area contributed by atoms with Gasteiger partial charge in [0, 0.05) is 13.1 Å². The van der Waals surface area contributed by atoms with Gasteiger partial charge in [0.1, 0.15) is 23.4 Å². The smallest absolute Gasteiger partial charge is 0.408 e. The van der Waals surface area contributed by atoms with Crippen molar-refractivity contribution in [3.8, 4) is 5.75 Å². The van der Waals surface area contributed by atoms with Crippen molar-refractivity contribution in [2.75, 3.05) is 19.7 Å². The number of carbonyl (C=O) groups is 4. The summed E-state index contributed by atoms with van der Waals surface area (Å²) >= 11 is 0. The Hall–Kier alpha value is -3.34. The summed E-state index contributed by atoms with van der Waals surface area (Å²) in [6.07, 6.45) is 0.0372. The number of alkyl carbamates (subject to hydrolysis) is 1. The second kappa shape index (κ2) is 13.4. The Labute approximate surface area is 199 Å². The average molecular weight is 481 g/mol. The number of aromatic hydroxyl groups is 1. The summed E-state index contributed by atoms with van der Waals surface area (Å²) in [4.78, 5) is 51.6. The third-order valence-electron chi connectivity index (χ3n) is 4.59. The van der Waals surface area contributed by atoms with Gasteiger partial charge in [-0.1, -0.05) is 25.5 Å². The van der Waals surface area contributed by atoms with Crippen LogP contribution < -0.4 is 16.4 Å². The molecule has 2 atom stereocenters. The number of nitrogens with zero attached hydrogens (tertiary/aromatic N) is 1. The quantitative estimate of drug-likeness (QED) is 0.277. The van der Waals surface area contributed by atoms with E-state index in [-0.39, 0.29) is 17.9 Å². The number of hydrogen-bond donors (Lipinski definition) is 5. The van der Waals surface area contributed by atoms with E-state index in [4.69, 9.17) is 10.5 Å². The molecule has 6 N–H and O–H groups in total. The lowest BCUT2D eigenvalue weighted by Gasteiger charge is -2.34. The molecule has 0 aliphatic rings. The van der Waals surface area contributed by atoms with E-state index in [1.54, 1.807) is 26.8 Å². The molecule has 1 aromatic carbocycles. The van der Waals surface area contributed by atoms with E-state index in [0.717, 1.165) is 11.3 Å². The molecular weight excluding hydrogens is 444 g/mol. The van der Waals surface area contributed by atoms with E-state index < -0.39 is 54.5 Å². The molecule has 0 aromatic heterocycles. The molecule has 0 aliphatic heterocycles. The van der Waals surface area contributed by atoms with Crippen molar-refractivity contribution in [1.29, 1.82) is 0 Å². The fraction of sp³-hybridized carbons (Fsp3) is 0.565. The Morgan fingerprint density at radius 2 is 1.88 bits per heavy atom. The molecule has 0 bridgehead atoms. The highest BCUT2D eigenvalue weighted by Gasteiger charge is 2.36. The van der Waals surface area contributed by atoms with Gasteiger partial charge < -0.3 is 36.2 Å². The highest BCUT2D eigenvalue weighted by atomic mass is 16.6. The first-order valence-corrected chi connectivity index (χ1v) is 11.1. The van der Waals surface area contributed by atoms with Crippen molar-refractivity contribution in [3.63, 3.8) is 0 Å². The predicted octanol–water partition coefficient (Wildman–Crippen LogP) is 0.939. The zero-order valence-corrected chi connectivity index (χ0v) is 20.2. The molecular formula is C23H36N4O7. The number of phenols is 1. The molecule has 11 nitrogen and oxygen atoms in total. The lowest BCUT2D eigenvalue weighted by molar-refractivity contribution is -0.143. The van der Waals surface area contributed by atoms with Gasteiger partial charge in [-0.3, -0.25) is 14.4 Å². The Morgan fingerprint density at radius 1 is 1.21 bits per heavy atom. The van der Waals surface area contributed by atoms with Crippen molar-refractivity contribution in [3.05, 3.63) is 29.8 Å². The van der Waals surface area contributed by atoms with Crippen molar-refractivity contribution in [2.45, 2.75) is 64.6 Å². The maximum atomic E-state index is 13.5. The van der Waals surface area contributed by atoms with Crippen LogP contribution in [0.1, 0.15) is 58.6 Å². The van der Waals surface area contributed by atoms with Crippen molar-refractivity contribution >= 4 is 23.8 Å².